The quantitative estimate of drug-likeness (QED) is 0.389. The molecule has 1 fully saturated rings. The molecule has 1 saturated heterocycles. The Hall–Kier alpha value is -3.45. The molecule has 1 aliphatic rings. The predicted octanol–water partition coefficient (Wildman–Crippen LogP) is 5.69. The fourth-order valence-electron chi connectivity index (χ4n) is 3.95. The molecule has 3 heterocycles. The van der Waals surface area contributed by atoms with E-state index in [4.69, 9.17) is 20.5 Å². The molecular formula is C24H19ClFN3O3. The minimum Gasteiger partial charge on any atom is -0.443 e. The summed E-state index contributed by atoms with van der Waals surface area (Å²) in [5.74, 6) is 0.727. The van der Waals surface area contributed by atoms with Gasteiger partial charge in [0.25, 0.3) is 5.91 Å². The maximum atomic E-state index is 13.2. The lowest BCUT2D eigenvalue weighted by atomic mass is 10.1. The summed E-state index contributed by atoms with van der Waals surface area (Å²) >= 11 is 6.06. The van der Waals surface area contributed by atoms with Gasteiger partial charge in [-0.1, -0.05) is 28.9 Å². The summed E-state index contributed by atoms with van der Waals surface area (Å²) in [5, 5.41) is 4.64. The van der Waals surface area contributed by atoms with Crippen molar-refractivity contribution in [2.24, 2.45) is 0 Å². The Bertz CT molecular complexity index is 1250. The highest BCUT2D eigenvalue weighted by Crippen LogP contribution is 2.34. The summed E-state index contributed by atoms with van der Waals surface area (Å²) in [6, 6.07) is 14.7. The number of hydrogen-bond acceptors (Lipinski definition) is 5. The van der Waals surface area contributed by atoms with Crippen LogP contribution in [-0.4, -0.2) is 27.5 Å². The first-order chi connectivity index (χ1) is 15.6. The summed E-state index contributed by atoms with van der Waals surface area (Å²) in [6.07, 6.45) is 3.85. The van der Waals surface area contributed by atoms with Crippen molar-refractivity contribution in [3.63, 3.8) is 0 Å². The van der Waals surface area contributed by atoms with Crippen molar-refractivity contribution in [2.75, 3.05) is 6.54 Å². The van der Waals surface area contributed by atoms with E-state index in [-0.39, 0.29) is 23.5 Å². The largest absolute Gasteiger partial charge is 0.443 e. The molecule has 1 atom stereocenters. The zero-order valence-corrected chi connectivity index (χ0v) is 17.8. The van der Waals surface area contributed by atoms with Crippen molar-refractivity contribution in [3.8, 4) is 11.3 Å². The number of carbonyl (C=O) groups is 1. The number of aromatic nitrogens is 2. The van der Waals surface area contributed by atoms with E-state index in [0.717, 1.165) is 18.4 Å². The van der Waals surface area contributed by atoms with Gasteiger partial charge in [-0.05, 0) is 54.8 Å². The van der Waals surface area contributed by atoms with Crippen molar-refractivity contribution < 1.29 is 18.1 Å². The van der Waals surface area contributed by atoms with Crippen LogP contribution >= 0.6 is 11.6 Å². The normalized spacial score (nSPS) is 15.9. The van der Waals surface area contributed by atoms with Gasteiger partial charge in [-0.2, -0.15) is 0 Å². The molecular weight excluding hydrogens is 433 g/mol. The molecule has 0 unspecified atom stereocenters. The highest BCUT2D eigenvalue weighted by Gasteiger charge is 2.35. The molecule has 0 spiro atoms. The number of likely N-dealkylation sites (tertiary alicyclic amines) is 1. The lowest BCUT2D eigenvalue weighted by Crippen LogP contribution is -2.30. The fraction of sp³-hybridized carbons (Fsp3) is 0.208. The molecule has 1 amide bonds. The van der Waals surface area contributed by atoms with Crippen LogP contribution in [0.4, 0.5) is 4.39 Å². The lowest BCUT2D eigenvalue weighted by molar-refractivity contribution is 0.0672. The van der Waals surface area contributed by atoms with Crippen molar-refractivity contribution in [2.45, 2.75) is 25.3 Å². The van der Waals surface area contributed by atoms with Gasteiger partial charge in [0, 0.05) is 29.6 Å². The molecule has 32 heavy (non-hydrogen) atoms. The van der Waals surface area contributed by atoms with E-state index in [2.05, 4.69) is 10.1 Å². The maximum absolute atomic E-state index is 13.2. The summed E-state index contributed by atoms with van der Waals surface area (Å²) in [7, 11) is 0. The van der Waals surface area contributed by atoms with Crippen LogP contribution in [0.15, 0.2) is 69.7 Å². The first-order valence-electron chi connectivity index (χ1n) is 10.3. The number of hydrogen-bond donors (Lipinski definition) is 0. The molecule has 0 bridgehead atoms. The standard InChI is InChI=1S/C24H19ClFN3O3/c25-17-4-1-3-15(11-17)12-19-14-27-23(31-19)21-5-2-10-29(21)24(30)22-13-20(28-32-22)16-6-8-18(26)9-7-16/h1,3-4,6-9,11,13-14,21H,2,5,10,12H2/t21-/m0/s1. The second-order valence-corrected chi connectivity index (χ2v) is 8.15. The molecule has 6 nitrogen and oxygen atoms in total. The van der Waals surface area contributed by atoms with Gasteiger partial charge < -0.3 is 13.8 Å². The van der Waals surface area contributed by atoms with Crippen LogP contribution in [0.25, 0.3) is 11.3 Å². The number of oxazole rings is 1. The average Bonchev–Trinajstić information content (AvgIpc) is 3.54. The van der Waals surface area contributed by atoms with E-state index in [1.54, 1.807) is 29.3 Å². The molecule has 0 radical (unpaired) electrons. The van der Waals surface area contributed by atoms with Gasteiger partial charge in [0.15, 0.2) is 0 Å². The Morgan fingerprint density at radius 2 is 2.03 bits per heavy atom. The molecule has 5 rings (SSSR count). The molecule has 0 N–H and O–H groups in total. The van der Waals surface area contributed by atoms with Crippen molar-refractivity contribution in [1.82, 2.24) is 15.0 Å². The minimum absolute atomic E-state index is 0.127. The summed E-state index contributed by atoms with van der Waals surface area (Å²) in [6.45, 7) is 0.572. The number of nitrogens with zero attached hydrogens (tertiary/aromatic N) is 3. The second kappa shape index (κ2) is 8.59. The number of carbonyl (C=O) groups excluding carboxylic acids is 1. The minimum atomic E-state index is -0.339. The maximum Gasteiger partial charge on any atom is 0.293 e. The average molecular weight is 452 g/mol. The lowest BCUT2D eigenvalue weighted by Gasteiger charge is -2.20. The van der Waals surface area contributed by atoms with E-state index in [9.17, 15) is 9.18 Å². The molecule has 4 aromatic rings. The van der Waals surface area contributed by atoms with E-state index in [1.165, 1.54) is 12.1 Å². The Morgan fingerprint density at radius 1 is 1.19 bits per heavy atom. The third-order valence-electron chi connectivity index (χ3n) is 5.50. The molecule has 2 aromatic carbocycles. The highest BCUT2D eigenvalue weighted by molar-refractivity contribution is 6.30. The molecule has 1 aliphatic heterocycles. The van der Waals surface area contributed by atoms with Gasteiger partial charge in [-0.25, -0.2) is 9.37 Å². The first kappa shape index (κ1) is 20.5. The summed E-state index contributed by atoms with van der Waals surface area (Å²) < 4.78 is 24.4. The highest BCUT2D eigenvalue weighted by atomic mass is 35.5. The number of amides is 1. The van der Waals surface area contributed by atoms with Crippen LogP contribution in [0, 0.1) is 5.82 Å². The summed E-state index contributed by atoms with van der Waals surface area (Å²) in [4.78, 5) is 19.2. The number of rotatable bonds is 5. The monoisotopic (exact) mass is 451 g/mol. The van der Waals surface area contributed by atoms with Crippen molar-refractivity contribution >= 4 is 17.5 Å². The smallest absolute Gasteiger partial charge is 0.293 e. The van der Waals surface area contributed by atoms with Crippen LogP contribution in [0.5, 0.6) is 0 Å². The van der Waals surface area contributed by atoms with Gasteiger partial charge in [-0.3, -0.25) is 4.79 Å². The third kappa shape index (κ3) is 4.16. The van der Waals surface area contributed by atoms with E-state index in [1.807, 2.05) is 24.3 Å². The van der Waals surface area contributed by atoms with Gasteiger partial charge in [0.2, 0.25) is 11.7 Å². The van der Waals surface area contributed by atoms with Gasteiger partial charge in [0.05, 0.1) is 6.20 Å². The van der Waals surface area contributed by atoms with Gasteiger partial charge in [-0.15, -0.1) is 0 Å². The van der Waals surface area contributed by atoms with Crippen molar-refractivity contribution in [1.29, 1.82) is 0 Å². The fourth-order valence-corrected chi connectivity index (χ4v) is 4.16. The Labute approximate surface area is 188 Å². The third-order valence-corrected chi connectivity index (χ3v) is 5.73. The Kier molecular flexibility index (Phi) is 5.49. The van der Waals surface area contributed by atoms with E-state index < -0.39 is 0 Å². The molecule has 0 saturated carbocycles. The number of benzene rings is 2. The molecule has 2 aromatic heterocycles. The second-order valence-electron chi connectivity index (χ2n) is 7.71. The van der Waals surface area contributed by atoms with Gasteiger partial charge in [0.1, 0.15) is 23.3 Å². The Balaban J connectivity index is 1.32. The SMILES string of the molecule is O=C(c1cc(-c2ccc(F)cc2)no1)N1CCC[C@H]1c1ncc(Cc2cccc(Cl)c2)o1. The van der Waals surface area contributed by atoms with Crippen LogP contribution in [0.1, 0.15) is 46.7 Å². The first-order valence-corrected chi connectivity index (χ1v) is 10.7. The van der Waals surface area contributed by atoms with Crippen molar-refractivity contribution in [3.05, 3.63) is 94.6 Å². The van der Waals surface area contributed by atoms with Gasteiger partial charge >= 0.3 is 0 Å². The zero-order valence-electron chi connectivity index (χ0n) is 17.0. The van der Waals surface area contributed by atoms with E-state index >= 15 is 0 Å². The van der Waals surface area contributed by atoms with Crippen LogP contribution in [0.2, 0.25) is 5.02 Å². The van der Waals surface area contributed by atoms with E-state index in [0.29, 0.717) is 40.9 Å². The summed E-state index contributed by atoms with van der Waals surface area (Å²) in [5.41, 5.74) is 2.17. The molecule has 162 valence electrons. The van der Waals surface area contributed by atoms with Crippen LogP contribution in [-0.2, 0) is 6.42 Å². The van der Waals surface area contributed by atoms with Crippen LogP contribution in [0.3, 0.4) is 0 Å². The molecule has 8 heteroatoms. The predicted molar refractivity (Wildman–Crippen MR) is 116 cm³/mol. The molecule has 0 aliphatic carbocycles. The van der Waals surface area contributed by atoms with Crippen LogP contribution < -0.4 is 0 Å². The topological polar surface area (TPSA) is 72.4 Å². The zero-order chi connectivity index (χ0) is 22.1. The number of halogens is 2. The Morgan fingerprint density at radius 3 is 2.84 bits per heavy atom.